The van der Waals surface area contributed by atoms with E-state index in [1.807, 2.05) is 43.3 Å². The summed E-state index contributed by atoms with van der Waals surface area (Å²) in [5, 5.41) is 3.53. The molecule has 1 N–H and O–H groups in total. The number of halogens is 1. The fourth-order valence-electron chi connectivity index (χ4n) is 2.33. The summed E-state index contributed by atoms with van der Waals surface area (Å²) in [5.41, 5.74) is 0.759. The summed E-state index contributed by atoms with van der Waals surface area (Å²) in [6.45, 7) is 0.416. The molecule has 0 aliphatic rings. The summed E-state index contributed by atoms with van der Waals surface area (Å²) in [7, 11) is 3.86. The number of aromatic nitrogens is 1. The molecule has 1 heterocycles. The van der Waals surface area contributed by atoms with Crippen LogP contribution in [0.15, 0.2) is 53.5 Å². The van der Waals surface area contributed by atoms with Gasteiger partial charge in [-0.1, -0.05) is 35.9 Å². The monoisotopic (exact) mass is 333 g/mol. The third-order valence-electron chi connectivity index (χ3n) is 3.59. The summed E-state index contributed by atoms with van der Waals surface area (Å²) >= 11 is 6.24. The Morgan fingerprint density at radius 1 is 1.22 bits per heavy atom. The molecule has 1 aromatic carbocycles. The highest BCUT2D eigenvalue weighted by Crippen LogP contribution is 2.25. The van der Waals surface area contributed by atoms with Crippen LogP contribution in [0, 0.1) is 0 Å². The lowest BCUT2D eigenvalue weighted by molar-refractivity contribution is -0.121. The Balaban J connectivity index is 2.02. The van der Waals surface area contributed by atoms with Crippen molar-refractivity contribution in [3.8, 4) is 0 Å². The first kappa shape index (κ1) is 17.2. The average molecular weight is 334 g/mol. The van der Waals surface area contributed by atoms with E-state index in [0.29, 0.717) is 11.6 Å². The van der Waals surface area contributed by atoms with Crippen molar-refractivity contribution in [1.82, 2.24) is 14.8 Å². The standard InChI is InChI=1S/C17H20ClN3O2/c1-20(2)15(13-7-3-4-8-14(13)18)11-19-16(22)12-21-10-6-5-9-17(21)23/h3-10,15H,11-12H2,1-2H3,(H,19,22). The van der Waals surface area contributed by atoms with E-state index in [9.17, 15) is 9.59 Å². The number of nitrogens with zero attached hydrogens (tertiary/aromatic N) is 2. The number of carbonyl (C=O) groups excluding carboxylic acids is 1. The van der Waals surface area contributed by atoms with Crippen LogP contribution in [0.3, 0.4) is 0 Å². The van der Waals surface area contributed by atoms with Gasteiger partial charge in [-0.15, -0.1) is 0 Å². The van der Waals surface area contributed by atoms with Crippen LogP contribution in [0.1, 0.15) is 11.6 Å². The van der Waals surface area contributed by atoms with Gasteiger partial charge in [0.15, 0.2) is 0 Å². The van der Waals surface area contributed by atoms with Crippen molar-refractivity contribution in [2.45, 2.75) is 12.6 Å². The maximum atomic E-state index is 12.1. The van der Waals surface area contributed by atoms with Gasteiger partial charge in [0.25, 0.3) is 5.56 Å². The Labute approximate surface area is 140 Å². The zero-order valence-corrected chi connectivity index (χ0v) is 14.0. The largest absolute Gasteiger partial charge is 0.353 e. The van der Waals surface area contributed by atoms with Crippen LogP contribution in [-0.2, 0) is 11.3 Å². The fourth-order valence-corrected chi connectivity index (χ4v) is 2.59. The average Bonchev–Trinajstić information content (AvgIpc) is 2.51. The highest BCUT2D eigenvalue weighted by molar-refractivity contribution is 6.31. The number of carbonyl (C=O) groups is 1. The third-order valence-corrected chi connectivity index (χ3v) is 3.94. The fraction of sp³-hybridized carbons (Fsp3) is 0.294. The normalized spacial score (nSPS) is 12.2. The van der Waals surface area contributed by atoms with Gasteiger partial charge in [0.1, 0.15) is 6.54 Å². The molecule has 0 radical (unpaired) electrons. The summed E-state index contributed by atoms with van der Waals surface area (Å²) in [6.07, 6.45) is 1.60. The molecule has 122 valence electrons. The molecule has 1 unspecified atom stereocenters. The second kappa shape index (κ2) is 7.94. The van der Waals surface area contributed by atoms with E-state index in [0.717, 1.165) is 5.56 Å². The van der Waals surface area contributed by atoms with Crippen LogP contribution in [0.2, 0.25) is 5.02 Å². The van der Waals surface area contributed by atoms with Gasteiger partial charge < -0.3 is 14.8 Å². The molecule has 0 aliphatic carbocycles. The van der Waals surface area contributed by atoms with Crippen molar-refractivity contribution in [3.63, 3.8) is 0 Å². The molecule has 5 nitrogen and oxygen atoms in total. The minimum Gasteiger partial charge on any atom is -0.353 e. The number of amides is 1. The topological polar surface area (TPSA) is 54.3 Å². The number of hydrogen-bond donors (Lipinski definition) is 1. The summed E-state index contributed by atoms with van der Waals surface area (Å²) < 4.78 is 1.37. The SMILES string of the molecule is CN(C)C(CNC(=O)Cn1ccccc1=O)c1ccccc1Cl. The number of likely N-dealkylation sites (N-methyl/N-ethyl adjacent to an activating group) is 1. The lowest BCUT2D eigenvalue weighted by Crippen LogP contribution is -2.37. The van der Waals surface area contributed by atoms with Crippen molar-refractivity contribution in [1.29, 1.82) is 0 Å². The smallest absolute Gasteiger partial charge is 0.250 e. The van der Waals surface area contributed by atoms with Crippen molar-refractivity contribution in [3.05, 3.63) is 69.6 Å². The van der Waals surface area contributed by atoms with E-state index < -0.39 is 0 Å². The quantitative estimate of drug-likeness (QED) is 0.878. The number of benzene rings is 1. The summed E-state index contributed by atoms with van der Waals surface area (Å²) in [6, 6.07) is 12.3. The van der Waals surface area contributed by atoms with Crippen LogP contribution in [0.4, 0.5) is 0 Å². The van der Waals surface area contributed by atoms with Gasteiger partial charge in [0.05, 0.1) is 6.04 Å². The Kier molecular flexibility index (Phi) is 5.96. The molecule has 1 aromatic heterocycles. The van der Waals surface area contributed by atoms with E-state index >= 15 is 0 Å². The first-order valence-electron chi connectivity index (χ1n) is 7.32. The highest BCUT2D eigenvalue weighted by atomic mass is 35.5. The molecule has 0 aliphatic heterocycles. The first-order valence-corrected chi connectivity index (χ1v) is 7.70. The molecule has 0 saturated heterocycles. The van der Waals surface area contributed by atoms with E-state index in [1.165, 1.54) is 10.6 Å². The van der Waals surface area contributed by atoms with E-state index in [1.54, 1.807) is 18.3 Å². The predicted molar refractivity (Wildman–Crippen MR) is 91.6 cm³/mol. The zero-order valence-electron chi connectivity index (χ0n) is 13.2. The molecule has 0 bridgehead atoms. The Hall–Kier alpha value is -2.11. The van der Waals surface area contributed by atoms with Crippen molar-refractivity contribution in [2.75, 3.05) is 20.6 Å². The van der Waals surface area contributed by atoms with Crippen LogP contribution >= 0.6 is 11.6 Å². The first-order chi connectivity index (χ1) is 11.0. The molecule has 1 amide bonds. The van der Waals surface area contributed by atoms with Crippen molar-refractivity contribution in [2.24, 2.45) is 0 Å². The minimum absolute atomic E-state index is 0.00233. The Bertz CT molecular complexity index is 728. The van der Waals surface area contributed by atoms with Crippen LogP contribution in [-0.4, -0.2) is 36.0 Å². The van der Waals surface area contributed by atoms with Gasteiger partial charge >= 0.3 is 0 Å². The second-order valence-corrected chi connectivity index (χ2v) is 5.88. The van der Waals surface area contributed by atoms with Gasteiger partial charge in [0.2, 0.25) is 5.91 Å². The van der Waals surface area contributed by atoms with Gasteiger partial charge in [-0.25, -0.2) is 0 Å². The molecule has 2 aromatic rings. The van der Waals surface area contributed by atoms with E-state index in [2.05, 4.69) is 5.32 Å². The van der Waals surface area contributed by atoms with Crippen LogP contribution in [0.5, 0.6) is 0 Å². The molecule has 1 atom stereocenters. The molecule has 23 heavy (non-hydrogen) atoms. The lowest BCUT2D eigenvalue weighted by atomic mass is 10.1. The van der Waals surface area contributed by atoms with E-state index in [4.69, 9.17) is 11.6 Å². The maximum absolute atomic E-state index is 12.1. The predicted octanol–water partition coefficient (Wildman–Crippen LogP) is 1.92. The molecule has 0 saturated carbocycles. The molecule has 0 spiro atoms. The van der Waals surface area contributed by atoms with Crippen molar-refractivity contribution >= 4 is 17.5 Å². The molecule has 6 heteroatoms. The Morgan fingerprint density at radius 2 is 1.91 bits per heavy atom. The van der Waals surface area contributed by atoms with E-state index in [-0.39, 0.29) is 24.1 Å². The molecule has 0 fully saturated rings. The van der Waals surface area contributed by atoms with Gasteiger partial charge in [0, 0.05) is 23.8 Å². The van der Waals surface area contributed by atoms with Gasteiger partial charge in [-0.3, -0.25) is 9.59 Å². The second-order valence-electron chi connectivity index (χ2n) is 5.47. The number of nitrogens with one attached hydrogen (secondary N) is 1. The zero-order chi connectivity index (χ0) is 16.8. The summed E-state index contributed by atoms with van der Waals surface area (Å²) in [4.78, 5) is 25.7. The van der Waals surface area contributed by atoms with Crippen LogP contribution in [0.25, 0.3) is 0 Å². The summed E-state index contributed by atoms with van der Waals surface area (Å²) in [5.74, 6) is -0.211. The molecule has 2 rings (SSSR count). The molecular formula is C17H20ClN3O2. The highest BCUT2D eigenvalue weighted by Gasteiger charge is 2.17. The minimum atomic E-state index is -0.211. The van der Waals surface area contributed by atoms with Crippen molar-refractivity contribution < 1.29 is 4.79 Å². The van der Waals surface area contributed by atoms with Gasteiger partial charge in [-0.2, -0.15) is 0 Å². The Morgan fingerprint density at radius 3 is 2.57 bits per heavy atom. The number of hydrogen-bond acceptors (Lipinski definition) is 3. The molecular weight excluding hydrogens is 314 g/mol. The number of rotatable bonds is 6. The van der Waals surface area contributed by atoms with Gasteiger partial charge in [-0.05, 0) is 31.8 Å². The maximum Gasteiger partial charge on any atom is 0.250 e. The number of pyridine rings is 1. The van der Waals surface area contributed by atoms with Crippen LogP contribution < -0.4 is 10.9 Å². The third kappa shape index (κ3) is 4.68. The lowest BCUT2D eigenvalue weighted by Gasteiger charge is -2.26.